The van der Waals surface area contributed by atoms with Gasteiger partial charge in [-0.05, 0) is 61.9 Å². The van der Waals surface area contributed by atoms with Crippen LogP contribution in [0.4, 0.5) is 24.5 Å². The lowest BCUT2D eigenvalue weighted by atomic mass is 9.92. The fourth-order valence-corrected chi connectivity index (χ4v) is 5.49. The van der Waals surface area contributed by atoms with E-state index in [2.05, 4.69) is 10.3 Å². The van der Waals surface area contributed by atoms with Gasteiger partial charge < -0.3 is 20.1 Å². The van der Waals surface area contributed by atoms with Crippen molar-refractivity contribution in [3.8, 4) is 11.6 Å². The molecular weight excluding hydrogens is 539 g/mol. The first-order chi connectivity index (χ1) is 19.4. The molecule has 3 aromatic carbocycles. The number of aromatic nitrogens is 1. The molecule has 2 heterocycles. The number of rotatable bonds is 8. The highest BCUT2D eigenvalue weighted by Gasteiger charge is 2.38. The first-order valence-corrected chi connectivity index (χ1v) is 13.2. The smallest absolute Gasteiger partial charge is 0.433 e. The summed E-state index contributed by atoms with van der Waals surface area (Å²) in [4.78, 5) is 42.8. The third-order valence-corrected chi connectivity index (χ3v) is 7.78. The maximum absolute atomic E-state index is 13.4. The molecule has 0 bridgehead atoms. The molecule has 41 heavy (non-hydrogen) atoms. The van der Waals surface area contributed by atoms with E-state index < -0.39 is 40.7 Å². The normalized spacial score (nSPS) is 18.9. The number of alkyl halides is 3. The van der Waals surface area contributed by atoms with Crippen LogP contribution in [0, 0.1) is 0 Å². The minimum absolute atomic E-state index is 0.0114. The summed E-state index contributed by atoms with van der Waals surface area (Å²) in [6.07, 6.45) is -2.94. The number of halogens is 3. The number of carboxylic acid groups (broad SMARTS) is 1. The molecule has 5 rings (SSSR count). The minimum Gasteiger partial charge on any atom is -0.480 e. The van der Waals surface area contributed by atoms with Crippen LogP contribution in [0.15, 0.2) is 64.2 Å². The number of ether oxygens (including phenoxy) is 1. The van der Waals surface area contributed by atoms with E-state index in [0.717, 1.165) is 18.9 Å². The number of pyridine rings is 1. The lowest BCUT2D eigenvalue weighted by molar-refractivity contribution is -0.141. The third-order valence-electron chi connectivity index (χ3n) is 7.78. The summed E-state index contributed by atoms with van der Waals surface area (Å²) < 4.78 is 46.0. The van der Waals surface area contributed by atoms with Gasteiger partial charge in [-0.3, -0.25) is 9.59 Å². The molecule has 1 saturated heterocycles. The van der Waals surface area contributed by atoms with Crippen molar-refractivity contribution in [1.29, 1.82) is 0 Å². The topological polar surface area (TPSA) is 109 Å². The summed E-state index contributed by atoms with van der Waals surface area (Å²) in [5.41, 5.74) is -1.63. The standard InChI is InChI=1S/C30H28F3N3O5/c1-15-8-9-16(2)36(15)25-24(26(37)27(25)38)35-23(29(39)40)17(3)18-10-12-20(13-11-18)41-28-21-7-5-4-6-19(21)14-22(34-28)30(31,32)33/h4-7,10-17,23,35H,8-9H2,1-3H3,(H,39,40). The molecule has 0 radical (unpaired) electrons. The van der Waals surface area contributed by atoms with Crippen LogP contribution in [-0.4, -0.2) is 34.2 Å². The molecular formula is C30H28F3N3O5. The van der Waals surface area contributed by atoms with Gasteiger partial charge in [0.2, 0.25) is 5.88 Å². The maximum atomic E-state index is 13.4. The first kappa shape index (κ1) is 28.1. The van der Waals surface area contributed by atoms with Crippen LogP contribution in [0.5, 0.6) is 11.6 Å². The SMILES string of the molecule is CC(c1ccc(Oc2nc(C(F)(F)F)cc3ccccc23)cc1)C(Nc1c(N2C(C)CCC2C)c(=O)c1=O)C(=O)O. The number of nitrogens with one attached hydrogen (secondary N) is 1. The summed E-state index contributed by atoms with van der Waals surface area (Å²) in [6, 6.07) is 12.5. The van der Waals surface area contributed by atoms with Crippen LogP contribution in [0.1, 0.15) is 50.8 Å². The molecule has 1 aliphatic heterocycles. The van der Waals surface area contributed by atoms with Crippen LogP contribution >= 0.6 is 0 Å². The maximum Gasteiger partial charge on any atom is 0.433 e. The highest BCUT2D eigenvalue weighted by molar-refractivity contribution is 5.87. The lowest BCUT2D eigenvalue weighted by Crippen LogP contribution is -2.48. The van der Waals surface area contributed by atoms with Crippen molar-refractivity contribution < 1.29 is 27.8 Å². The van der Waals surface area contributed by atoms with Gasteiger partial charge in [0.25, 0.3) is 10.9 Å². The Morgan fingerprint density at radius 3 is 2.29 bits per heavy atom. The van der Waals surface area contributed by atoms with Gasteiger partial charge in [-0.2, -0.15) is 13.2 Å². The third kappa shape index (κ3) is 5.23. The van der Waals surface area contributed by atoms with E-state index in [4.69, 9.17) is 4.74 Å². The van der Waals surface area contributed by atoms with E-state index in [1.807, 2.05) is 18.7 Å². The molecule has 214 valence electrons. The monoisotopic (exact) mass is 567 g/mol. The zero-order valence-electron chi connectivity index (χ0n) is 22.5. The van der Waals surface area contributed by atoms with Gasteiger partial charge in [-0.1, -0.05) is 37.3 Å². The summed E-state index contributed by atoms with van der Waals surface area (Å²) in [7, 11) is 0. The number of fused-ring (bicyclic) bond motifs is 1. The fraction of sp³-hybridized carbons (Fsp3) is 0.333. The van der Waals surface area contributed by atoms with E-state index in [0.29, 0.717) is 16.3 Å². The number of carboxylic acids is 1. The first-order valence-electron chi connectivity index (χ1n) is 13.2. The molecule has 2 N–H and O–H groups in total. The van der Waals surface area contributed by atoms with Crippen LogP contribution in [-0.2, 0) is 11.0 Å². The van der Waals surface area contributed by atoms with Gasteiger partial charge in [0.15, 0.2) is 0 Å². The van der Waals surface area contributed by atoms with Crippen LogP contribution in [0.25, 0.3) is 10.8 Å². The Kier molecular flexibility index (Phi) is 7.23. The molecule has 4 unspecified atom stereocenters. The number of hydrogen-bond acceptors (Lipinski definition) is 7. The Balaban J connectivity index is 1.39. The van der Waals surface area contributed by atoms with Crippen molar-refractivity contribution in [2.45, 2.75) is 63.8 Å². The summed E-state index contributed by atoms with van der Waals surface area (Å²) in [6.45, 7) is 5.58. The zero-order chi connectivity index (χ0) is 29.6. The van der Waals surface area contributed by atoms with Gasteiger partial charge in [0.1, 0.15) is 28.9 Å². The van der Waals surface area contributed by atoms with Gasteiger partial charge >= 0.3 is 12.1 Å². The van der Waals surface area contributed by atoms with Crippen molar-refractivity contribution in [3.63, 3.8) is 0 Å². The molecule has 4 aromatic rings. The highest BCUT2D eigenvalue weighted by atomic mass is 19.4. The molecule has 1 fully saturated rings. The zero-order valence-corrected chi connectivity index (χ0v) is 22.5. The van der Waals surface area contributed by atoms with Crippen molar-refractivity contribution in [1.82, 2.24) is 4.98 Å². The Hall–Kier alpha value is -4.41. The Morgan fingerprint density at radius 2 is 1.68 bits per heavy atom. The molecule has 1 aliphatic rings. The van der Waals surface area contributed by atoms with E-state index >= 15 is 0 Å². The van der Waals surface area contributed by atoms with Crippen molar-refractivity contribution >= 4 is 28.1 Å². The molecule has 0 amide bonds. The Bertz CT molecular complexity index is 1670. The van der Waals surface area contributed by atoms with Gasteiger partial charge in [0.05, 0.1) is 0 Å². The van der Waals surface area contributed by atoms with E-state index in [9.17, 15) is 32.7 Å². The summed E-state index contributed by atoms with van der Waals surface area (Å²) in [5, 5.41) is 13.5. The van der Waals surface area contributed by atoms with Crippen molar-refractivity contribution in [3.05, 3.63) is 86.3 Å². The molecule has 4 atom stereocenters. The average Bonchev–Trinajstić information content (AvgIpc) is 3.26. The van der Waals surface area contributed by atoms with Crippen molar-refractivity contribution in [2.24, 2.45) is 0 Å². The Labute approximate surface area is 233 Å². The number of nitrogens with zero attached hydrogens (tertiary/aromatic N) is 2. The largest absolute Gasteiger partial charge is 0.480 e. The van der Waals surface area contributed by atoms with Crippen LogP contribution in [0.2, 0.25) is 0 Å². The van der Waals surface area contributed by atoms with E-state index in [1.165, 1.54) is 18.2 Å². The van der Waals surface area contributed by atoms with Gasteiger partial charge in [-0.15, -0.1) is 0 Å². The summed E-state index contributed by atoms with van der Waals surface area (Å²) >= 11 is 0. The predicted octanol–water partition coefficient (Wildman–Crippen LogP) is 5.69. The van der Waals surface area contributed by atoms with Crippen LogP contribution in [0.3, 0.4) is 0 Å². The average molecular weight is 568 g/mol. The Morgan fingerprint density at radius 1 is 1.05 bits per heavy atom. The second-order valence-electron chi connectivity index (χ2n) is 10.5. The number of carbonyl (C=O) groups is 1. The number of benzene rings is 2. The van der Waals surface area contributed by atoms with E-state index in [-0.39, 0.29) is 35.1 Å². The number of anilines is 2. The second kappa shape index (κ2) is 10.5. The van der Waals surface area contributed by atoms with Gasteiger partial charge in [0, 0.05) is 23.4 Å². The second-order valence-corrected chi connectivity index (χ2v) is 10.5. The minimum atomic E-state index is -4.66. The predicted molar refractivity (Wildman–Crippen MR) is 149 cm³/mol. The number of hydrogen-bond donors (Lipinski definition) is 2. The lowest BCUT2D eigenvalue weighted by Gasteiger charge is -2.32. The quantitative estimate of drug-likeness (QED) is 0.262. The van der Waals surface area contributed by atoms with Gasteiger partial charge in [-0.25, -0.2) is 9.78 Å². The van der Waals surface area contributed by atoms with Crippen LogP contribution < -0.4 is 25.8 Å². The molecule has 0 aliphatic carbocycles. The molecule has 8 nitrogen and oxygen atoms in total. The number of aliphatic carboxylic acids is 1. The van der Waals surface area contributed by atoms with E-state index in [1.54, 1.807) is 37.3 Å². The molecule has 0 spiro atoms. The molecule has 1 aromatic heterocycles. The van der Waals surface area contributed by atoms with Crippen molar-refractivity contribution in [2.75, 3.05) is 10.2 Å². The fourth-order valence-electron chi connectivity index (χ4n) is 5.49. The summed E-state index contributed by atoms with van der Waals surface area (Å²) in [5.74, 6) is -1.86. The highest BCUT2D eigenvalue weighted by Crippen LogP contribution is 2.37. The molecule has 0 saturated carbocycles. The molecule has 11 heteroatoms.